The van der Waals surface area contributed by atoms with E-state index in [0.717, 1.165) is 46.0 Å². The molecule has 2 aromatic heterocycles. The lowest BCUT2D eigenvalue weighted by Crippen LogP contribution is -2.55. The molecule has 6 rings (SSSR count). The molecule has 11 nitrogen and oxygen atoms in total. The average molecular weight is 646 g/mol. The minimum Gasteiger partial charge on any atom is -0.462 e. The number of hydrogen-bond donors (Lipinski definition) is 0. The fraction of sp³-hybridized carbons (Fsp3) is 0.419. The molecule has 2 amide bonds. The van der Waals surface area contributed by atoms with Gasteiger partial charge < -0.3 is 24.3 Å². The Labute approximate surface area is 258 Å². The molecule has 0 aliphatic carbocycles. The van der Waals surface area contributed by atoms with Crippen LogP contribution in [0.1, 0.15) is 40.9 Å². The summed E-state index contributed by atoms with van der Waals surface area (Å²) >= 11 is 3.60. The minimum absolute atomic E-state index is 0.123. The van der Waals surface area contributed by atoms with Crippen molar-refractivity contribution in [2.45, 2.75) is 44.4 Å². The summed E-state index contributed by atoms with van der Waals surface area (Å²) in [7, 11) is 2.10. The molecule has 2 atom stereocenters. The summed E-state index contributed by atoms with van der Waals surface area (Å²) in [5, 5.41) is 10.3. The van der Waals surface area contributed by atoms with Gasteiger partial charge in [0.05, 0.1) is 48.4 Å². The Hall–Kier alpha value is -4.08. The molecule has 43 heavy (non-hydrogen) atoms. The lowest BCUT2D eigenvalue weighted by molar-refractivity contribution is -0.128. The van der Waals surface area contributed by atoms with E-state index in [9.17, 15) is 14.9 Å². The number of aromatic nitrogens is 3. The number of anilines is 1. The molecule has 2 fully saturated rings. The molecule has 2 saturated heterocycles. The second-order valence-electron chi connectivity index (χ2n) is 11.2. The van der Waals surface area contributed by atoms with E-state index >= 15 is 0 Å². The second-order valence-corrected chi connectivity index (χ2v) is 12.0. The standard InChI is InChI=1S/C31H33BrN8O3/c1-3-27(41)40-15-14-38(16-20(40)9-11-33)29-23-17-39(30(42)22-10-12-34-25-8-4-7-24(32)28(22)25)18-26(23)35-31(36-29)43-19-21-6-5-13-37(21)2/h3-4,7-8,10,12,20-21H,1,5-6,9,13-19H2,2H3/t20-,21-/m0/s1. The third-order valence-electron chi connectivity index (χ3n) is 8.62. The van der Waals surface area contributed by atoms with Crippen LogP contribution in [0.3, 0.4) is 0 Å². The molecule has 3 aliphatic rings. The number of pyridine rings is 1. The summed E-state index contributed by atoms with van der Waals surface area (Å²) in [6, 6.07) is 9.92. The molecule has 0 N–H and O–H groups in total. The first-order valence-electron chi connectivity index (χ1n) is 14.5. The van der Waals surface area contributed by atoms with E-state index in [1.54, 1.807) is 22.1 Å². The van der Waals surface area contributed by atoms with Crippen molar-refractivity contribution < 1.29 is 14.3 Å². The van der Waals surface area contributed by atoms with E-state index in [1.807, 2.05) is 18.2 Å². The van der Waals surface area contributed by atoms with Gasteiger partial charge in [0.25, 0.3) is 5.91 Å². The van der Waals surface area contributed by atoms with Gasteiger partial charge in [0.1, 0.15) is 12.4 Å². The number of carbonyl (C=O) groups excluding carboxylic acids is 2. The summed E-state index contributed by atoms with van der Waals surface area (Å²) < 4.78 is 6.99. The number of benzene rings is 1. The fourth-order valence-electron chi connectivity index (χ4n) is 6.29. The highest BCUT2D eigenvalue weighted by atomic mass is 79.9. The molecule has 0 unspecified atom stereocenters. The van der Waals surface area contributed by atoms with Gasteiger partial charge in [0.2, 0.25) is 5.91 Å². The lowest BCUT2D eigenvalue weighted by atomic mass is 10.1. The molecule has 222 valence electrons. The predicted molar refractivity (Wildman–Crippen MR) is 164 cm³/mol. The van der Waals surface area contributed by atoms with Crippen molar-refractivity contribution in [1.29, 1.82) is 5.26 Å². The number of nitrogens with zero attached hydrogens (tertiary/aromatic N) is 8. The third kappa shape index (κ3) is 5.67. The van der Waals surface area contributed by atoms with Crippen molar-refractivity contribution >= 4 is 44.5 Å². The fourth-order valence-corrected chi connectivity index (χ4v) is 6.86. The number of amides is 2. The van der Waals surface area contributed by atoms with Crippen LogP contribution in [0.15, 0.2) is 47.6 Å². The monoisotopic (exact) mass is 644 g/mol. The number of ether oxygens (including phenoxy) is 1. The average Bonchev–Trinajstić information content (AvgIpc) is 3.64. The zero-order valence-corrected chi connectivity index (χ0v) is 25.7. The predicted octanol–water partition coefficient (Wildman–Crippen LogP) is 3.53. The zero-order chi connectivity index (χ0) is 30.1. The largest absolute Gasteiger partial charge is 0.462 e. The smallest absolute Gasteiger partial charge is 0.318 e. The summed E-state index contributed by atoms with van der Waals surface area (Å²) in [6.07, 6.45) is 5.32. The summed E-state index contributed by atoms with van der Waals surface area (Å²) in [5.74, 6) is 0.372. The van der Waals surface area contributed by atoms with Crippen LogP contribution < -0.4 is 9.64 Å². The van der Waals surface area contributed by atoms with Crippen molar-refractivity contribution in [2.24, 2.45) is 0 Å². The number of likely N-dealkylation sites (N-methyl/N-ethyl adjacent to an activating group) is 1. The first-order chi connectivity index (χ1) is 20.9. The molecule has 3 aromatic rings. The summed E-state index contributed by atoms with van der Waals surface area (Å²) in [5.41, 5.74) is 2.90. The number of fused-ring (bicyclic) bond motifs is 2. The first kappa shape index (κ1) is 29.0. The van der Waals surface area contributed by atoms with Gasteiger partial charge in [-0.15, -0.1) is 0 Å². The molecule has 12 heteroatoms. The van der Waals surface area contributed by atoms with Crippen LogP contribution in [-0.2, 0) is 17.9 Å². The van der Waals surface area contributed by atoms with Gasteiger partial charge in [-0.3, -0.25) is 14.6 Å². The normalized spacial score (nSPS) is 20.3. The topological polar surface area (TPSA) is 119 Å². The highest BCUT2D eigenvalue weighted by molar-refractivity contribution is 9.10. The Balaban J connectivity index is 1.32. The number of likely N-dealkylation sites (tertiary alicyclic amines) is 1. The molecule has 0 bridgehead atoms. The van der Waals surface area contributed by atoms with Crippen LogP contribution in [0, 0.1) is 11.3 Å². The number of rotatable bonds is 7. The van der Waals surface area contributed by atoms with Crippen LogP contribution in [0.5, 0.6) is 6.01 Å². The van der Waals surface area contributed by atoms with Crippen LogP contribution in [0.2, 0.25) is 0 Å². The quantitative estimate of drug-likeness (QED) is 0.356. The van der Waals surface area contributed by atoms with Crippen molar-refractivity contribution in [3.8, 4) is 12.1 Å². The Bertz CT molecular complexity index is 1620. The van der Waals surface area contributed by atoms with E-state index in [4.69, 9.17) is 14.7 Å². The number of hydrogen-bond acceptors (Lipinski definition) is 9. The zero-order valence-electron chi connectivity index (χ0n) is 24.1. The molecular weight excluding hydrogens is 612 g/mol. The van der Waals surface area contributed by atoms with Gasteiger partial charge in [0.15, 0.2) is 0 Å². The SMILES string of the molecule is C=CC(=O)N1CCN(c2nc(OC[C@@H]3CCCN3C)nc3c2CN(C(=O)c2ccnc4cccc(Br)c24)C3)C[C@@H]1CC#N. The number of halogens is 1. The lowest BCUT2D eigenvalue weighted by Gasteiger charge is -2.41. The number of piperazine rings is 1. The molecule has 1 aromatic carbocycles. The third-order valence-corrected chi connectivity index (χ3v) is 9.28. The highest BCUT2D eigenvalue weighted by Gasteiger charge is 2.36. The van der Waals surface area contributed by atoms with Crippen molar-refractivity contribution in [2.75, 3.05) is 44.7 Å². The Morgan fingerprint density at radius 3 is 2.81 bits per heavy atom. The van der Waals surface area contributed by atoms with Gasteiger partial charge >= 0.3 is 6.01 Å². The number of nitriles is 1. The van der Waals surface area contributed by atoms with Crippen LogP contribution in [0.25, 0.3) is 10.9 Å². The maximum Gasteiger partial charge on any atom is 0.318 e. The molecule has 0 saturated carbocycles. The maximum atomic E-state index is 14.0. The van der Waals surface area contributed by atoms with E-state index in [2.05, 4.69) is 50.4 Å². The molecular formula is C31H33BrN8O3. The Morgan fingerprint density at radius 1 is 1.19 bits per heavy atom. The van der Waals surface area contributed by atoms with E-state index in [0.29, 0.717) is 56.8 Å². The van der Waals surface area contributed by atoms with Crippen LogP contribution in [0.4, 0.5) is 5.82 Å². The maximum absolute atomic E-state index is 14.0. The summed E-state index contributed by atoms with van der Waals surface area (Å²) in [4.78, 5) is 48.4. The summed E-state index contributed by atoms with van der Waals surface area (Å²) in [6.45, 7) is 7.16. The van der Waals surface area contributed by atoms with E-state index < -0.39 is 0 Å². The van der Waals surface area contributed by atoms with Gasteiger partial charge in [0, 0.05) is 47.3 Å². The molecule has 3 aliphatic heterocycles. The molecule has 5 heterocycles. The van der Waals surface area contributed by atoms with Gasteiger partial charge in [-0.2, -0.15) is 15.2 Å². The molecule has 0 spiro atoms. The second kappa shape index (κ2) is 12.3. The van der Waals surface area contributed by atoms with Gasteiger partial charge in [-0.1, -0.05) is 28.6 Å². The first-order valence-corrected chi connectivity index (χ1v) is 15.3. The van der Waals surface area contributed by atoms with Gasteiger partial charge in [-0.25, -0.2) is 0 Å². The molecule has 0 radical (unpaired) electrons. The van der Waals surface area contributed by atoms with Crippen molar-refractivity contribution in [3.05, 3.63) is 64.4 Å². The minimum atomic E-state index is -0.314. The van der Waals surface area contributed by atoms with Crippen molar-refractivity contribution in [1.82, 2.24) is 29.7 Å². The van der Waals surface area contributed by atoms with E-state index in [1.165, 1.54) is 6.08 Å². The van der Waals surface area contributed by atoms with Gasteiger partial charge in [-0.05, 0) is 50.7 Å². The highest BCUT2D eigenvalue weighted by Crippen LogP contribution is 2.35. The van der Waals surface area contributed by atoms with E-state index in [-0.39, 0.29) is 30.3 Å². The van der Waals surface area contributed by atoms with Crippen LogP contribution >= 0.6 is 15.9 Å². The van der Waals surface area contributed by atoms with Crippen molar-refractivity contribution in [3.63, 3.8) is 0 Å². The number of carbonyl (C=O) groups is 2. The Kier molecular flexibility index (Phi) is 8.27. The Morgan fingerprint density at radius 2 is 2.05 bits per heavy atom. The van der Waals surface area contributed by atoms with Crippen LogP contribution in [-0.4, -0.2) is 93.4 Å².